The van der Waals surface area contributed by atoms with E-state index in [-0.39, 0.29) is 46.9 Å². The molecule has 2 heterocycles. The number of amides is 1. The summed E-state index contributed by atoms with van der Waals surface area (Å²) in [5.74, 6) is -2.41. The number of benzene rings is 2. The molecule has 2 aromatic carbocycles. The second-order valence-electron chi connectivity index (χ2n) is 11.7. The predicted molar refractivity (Wildman–Crippen MR) is 175 cm³/mol. The SMILES string of the molecule is COc1ccc(C(CC(=O)NCc2cc(=O)n(C)c(=O)n2C)c2c(O)cc3c(c2O)C(=O)O[C@@H](C)CCCC(=O)CCC/C=C/3)cc1. The van der Waals surface area contributed by atoms with E-state index in [1.54, 1.807) is 43.3 Å². The molecule has 1 amide bonds. The minimum absolute atomic E-state index is 0.0465. The van der Waals surface area contributed by atoms with Crippen LogP contribution in [0.3, 0.4) is 0 Å². The van der Waals surface area contributed by atoms with Crippen LogP contribution in [0.1, 0.15) is 90.5 Å². The van der Waals surface area contributed by atoms with Gasteiger partial charge in [0, 0.05) is 56.6 Å². The minimum Gasteiger partial charge on any atom is -0.507 e. The van der Waals surface area contributed by atoms with Gasteiger partial charge in [-0.2, -0.15) is 0 Å². The van der Waals surface area contributed by atoms with Gasteiger partial charge in [0.05, 0.1) is 19.8 Å². The Morgan fingerprint density at radius 2 is 1.74 bits per heavy atom. The number of methoxy groups -OCH3 is 1. The van der Waals surface area contributed by atoms with Crippen molar-refractivity contribution in [1.29, 1.82) is 0 Å². The van der Waals surface area contributed by atoms with Gasteiger partial charge in [-0.1, -0.05) is 24.3 Å². The highest BCUT2D eigenvalue weighted by molar-refractivity contribution is 5.98. The normalized spacial score (nSPS) is 17.1. The van der Waals surface area contributed by atoms with Gasteiger partial charge in [-0.25, -0.2) is 9.59 Å². The summed E-state index contributed by atoms with van der Waals surface area (Å²) in [7, 11) is 4.35. The van der Waals surface area contributed by atoms with E-state index in [1.165, 1.54) is 37.9 Å². The molecule has 3 aromatic rings. The molecule has 0 saturated carbocycles. The lowest BCUT2D eigenvalue weighted by Crippen LogP contribution is -2.39. The van der Waals surface area contributed by atoms with Crippen molar-refractivity contribution in [2.24, 2.45) is 14.1 Å². The lowest BCUT2D eigenvalue weighted by Gasteiger charge is -2.23. The van der Waals surface area contributed by atoms with Gasteiger partial charge in [-0.3, -0.25) is 23.5 Å². The Balaban J connectivity index is 1.75. The second kappa shape index (κ2) is 15.4. The first-order valence-electron chi connectivity index (χ1n) is 15.6. The number of rotatable bonds is 7. The molecule has 1 aliphatic heterocycles. The quantitative estimate of drug-likeness (QED) is 0.323. The van der Waals surface area contributed by atoms with Gasteiger partial charge in [0.2, 0.25) is 5.91 Å². The molecule has 2 atom stereocenters. The predicted octanol–water partition coefficient (Wildman–Crippen LogP) is 3.82. The average molecular weight is 648 g/mol. The fourth-order valence-electron chi connectivity index (χ4n) is 5.64. The van der Waals surface area contributed by atoms with Crippen LogP contribution < -0.4 is 21.3 Å². The number of nitrogens with zero attached hydrogens (tertiary/aromatic N) is 2. The number of phenols is 2. The van der Waals surface area contributed by atoms with Crippen molar-refractivity contribution in [2.45, 2.75) is 70.4 Å². The summed E-state index contributed by atoms with van der Waals surface area (Å²) < 4.78 is 13.2. The maximum atomic E-state index is 13.6. The van der Waals surface area contributed by atoms with E-state index in [2.05, 4.69) is 5.32 Å². The number of aromatic hydroxyl groups is 2. The Morgan fingerprint density at radius 1 is 1.04 bits per heavy atom. The Labute approximate surface area is 272 Å². The molecule has 1 aromatic heterocycles. The lowest BCUT2D eigenvalue weighted by molar-refractivity contribution is -0.121. The average Bonchev–Trinajstić information content (AvgIpc) is 3.03. The van der Waals surface area contributed by atoms with Gasteiger partial charge in [0.15, 0.2) is 0 Å². The van der Waals surface area contributed by atoms with Crippen molar-refractivity contribution in [3.63, 3.8) is 0 Å². The third-order valence-electron chi connectivity index (χ3n) is 8.40. The van der Waals surface area contributed by atoms with Crippen molar-refractivity contribution in [2.75, 3.05) is 7.11 Å². The number of fused-ring (bicyclic) bond motifs is 1. The van der Waals surface area contributed by atoms with Crippen LogP contribution in [0.25, 0.3) is 6.08 Å². The molecule has 0 saturated heterocycles. The number of phenolic OH excluding ortho intramolecular Hbond substituents is 2. The van der Waals surface area contributed by atoms with Crippen LogP contribution in [0.2, 0.25) is 0 Å². The molecule has 47 heavy (non-hydrogen) atoms. The molecular formula is C35H41N3O9. The number of Topliss-reactive ketones (excluding diaryl/α,β-unsaturated/α-hetero) is 1. The van der Waals surface area contributed by atoms with Crippen LogP contribution in [0.5, 0.6) is 17.2 Å². The van der Waals surface area contributed by atoms with Gasteiger partial charge >= 0.3 is 11.7 Å². The third-order valence-corrected chi connectivity index (χ3v) is 8.40. The number of nitrogens with one attached hydrogen (secondary N) is 1. The van der Waals surface area contributed by atoms with E-state index < -0.39 is 40.9 Å². The smallest absolute Gasteiger partial charge is 0.342 e. The topological polar surface area (TPSA) is 166 Å². The number of aromatic nitrogens is 2. The second-order valence-corrected chi connectivity index (χ2v) is 11.7. The molecule has 4 rings (SSSR count). The minimum atomic E-state index is -0.938. The molecule has 250 valence electrons. The standard InChI is InChI=1S/C35H41N3O9/c1-21-9-8-12-25(39)11-7-5-6-10-23-17-28(40)32(33(43)31(23)34(44)47-21)27(22-13-15-26(46-4)16-14-22)19-29(41)36-20-24-18-30(42)38(3)35(45)37(24)2/h6,10,13-18,21,27,40,43H,5,7-9,11-12,19-20H2,1-4H3,(H,36,41)/b10-6+/t21-,27?/m0/s1. The molecular weight excluding hydrogens is 606 g/mol. The third kappa shape index (κ3) is 8.37. The van der Waals surface area contributed by atoms with E-state index in [9.17, 15) is 34.2 Å². The van der Waals surface area contributed by atoms with Gasteiger partial charge < -0.3 is 25.0 Å². The van der Waals surface area contributed by atoms with Crippen molar-refractivity contribution >= 4 is 23.7 Å². The van der Waals surface area contributed by atoms with Crippen molar-refractivity contribution in [3.05, 3.63) is 91.3 Å². The number of carbonyl (C=O) groups is 3. The molecule has 0 radical (unpaired) electrons. The number of carbonyl (C=O) groups excluding carboxylic acids is 3. The van der Waals surface area contributed by atoms with Crippen molar-refractivity contribution < 1.29 is 34.1 Å². The summed E-state index contributed by atoms with van der Waals surface area (Å²) in [5.41, 5.74) is -0.197. The summed E-state index contributed by atoms with van der Waals surface area (Å²) in [6.07, 6.45) is 5.58. The van der Waals surface area contributed by atoms with E-state index in [0.717, 1.165) is 4.57 Å². The summed E-state index contributed by atoms with van der Waals surface area (Å²) in [4.78, 5) is 63.6. The molecule has 0 fully saturated rings. The zero-order valence-electron chi connectivity index (χ0n) is 27.1. The fourth-order valence-corrected chi connectivity index (χ4v) is 5.64. The van der Waals surface area contributed by atoms with Gasteiger partial charge in [-0.05, 0) is 61.9 Å². The monoisotopic (exact) mass is 647 g/mol. The molecule has 1 unspecified atom stereocenters. The van der Waals surface area contributed by atoms with Crippen LogP contribution >= 0.6 is 0 Å². The van der Waals surface area contributed by atoms with Crippen LogP contribution in [0, 0.1) is 0 Å². The zero-order chi connectivity index (χ0) is 34.2. The first kappa shape index (κ1) is 34.7. The highest BCUT2D eigenvalue weighted by Crippen LogP contribution is 2.44. The lowest BCUT2D eigenvalue weighted by atomic mass is 9.84. The van der Waals surface area contributed by atoms with E-state index >= 15 is 0 Å². The number of hydrogen-bond acceptors (Lipinski definition) is 9. The molecule has 12 nitrogen and oxygen atoms in total. The van der Waals surface area contributed by atoms with Crippen LogP contribution in [-0.4, -0.2) is 50.2 Å². The molecule has 0 aliphatic carbocycles. The maximum absolute atomic E-state index is 13.6. The van der Waals surface area contributed by atoms with Gasteiger partial charge in [0.25, 0.3) is 5.56 Å². The number of allylic oxidation sites excluding steroid dienone is 1. The Kier molecular flexibility index (Phi) is 11.4. The van der Waals surface area contributed by atoms with Crippen molar-refractivity contribution in [1.82, 2.24) is 14.5 Å². The van der Waals surface area contributed by atoms with Crippen LogP contribution in [-0.2, 0) is 35.0 Å². The number of esters is 1. The maximum Gasteiger partial charge on any atom is 0.342 e. The Morgan fingerprint density at radius 3 is 2.45 bits per heavy atom. The number of ether oxygens (including phenoxy) is 2. The van der Waals surface area contributed by atoms with Crippen LogP contribution in [0.4, 0.5) is 0 Å². The molecule has 12 heteroatoms. The van der Waals surface area contributed by atoms with E-state index in [0.29, 0.717) is 49.8 Å². The highest BCUT2D eigenvalue weighted by Gasteiger charge is 2.31. The summed E-state index contributed by atoms with van der Waals surface area (Å²) in [5, 5.41) is 25.8. The zero-order valence-corrected chi connectivity index (χ0v) is 27.1. The number of ketones is 1. The van der Waals surface area contributed by atoms with Gasteiger partial charge in [0.1, 0.15) is 28.6 Å². The van der Waals surface area contributed by atoms with Crippen molar-refractivity contribution in [3.8, 4) is 17.2 Å². The molecule has 0 spiro atoms. The van der Waals surface area contributed by atoms with E-state index in [1.807, 2.05) is 0 Å². The highest BCUT2D eigenvalue weighted by atomic mass is 16.5. The summed E-state index contributed by atoms with van der Waals surface area (Å²) in [6, 6.07) is 9.33. The first-order chi connectivity index (χ1) is 22.4. The Bertz CT molecular complexity index is 1790. The summed E-state index contributed by atoms with van der Waals surface area (Å²) in [6.45, 7) is 1.59. The van der Waals surface area contributed by atoms with E-state index in [4.69, 9.17) is 9.47 Å². The molecule has 1 aliphatic rings. The molecule has 0 bridgehead atoms. The first-order valence-corrected chi connectivity index (χ1v) is 15.6. The molecule has 3 N–H and O–H groups in total. The summed E-state index contributed by atoms with van der Waals surface area (Å²) >= 11 is 0. The number of hydrogen-bond donors (Lipinski definition) is 3. The van der Waals surface area contributed by atoms with Crippen LogP contribution in [0.15, 0.2) is 52.1 Å². The van der Waals surface area contributed by atoms with Gasteiger partial charge in [-0.15, -0.1) is 0 Å². The number of cyclic esters (lactones) is 1. The fraction of sp³-hybridized carbons (Fsp3) is 0.400. The Hall–Kier alpha value is -5.13. The largest absolute Gasteiger partial charge is 0.507 e.